The van der Waals surface area contributed by atoms with E-state index < -0.39 is 23.3 Å². The second-order valence-corrected chi connectivity index (χ2v) is 8.68. The summed E-state index contributed by atoms with van der Waals surface area (Å²) in [6.07, 6.45) is 0.429. The number of carbonyl (C=O) groups is 1. The Morgan fingerprint density at radius 1 is 1.26 bits per heavy atom. The Morgan fingerprint density at radius 2 is 1.89 bits per heavy atom. The quantitative estimate of drug-likeness (QED) is 0.439. The highest BCUT2D eigenvalue weighted by molar-refractivity contribution is 9.10. The van der Waals surface area contributed by atoms with Crippen LogP contribution >= 0.6 is 27.5 Å². The summed E-state index contributed by atoms with van der Waals surface area (Å²) < 4.78 is 33.6. The van der Waals surface area contributed by atoms with Crippen LogP contribution in [0.3, 0.4) is 0 Å². The molecule has 0 radical (unpaired) electrons. The maximum absolute atomic E-state index is 14.3. The predicted octanol–water partition coefficient (Wildman–Crippen LogP) is 6.81. The molecule has 144 valence electrons. The van der Waals surface area contributed by atoms with Crippen molar-refractivity contribution in [1.29, 1.82) is 0 Å². The van der Waals surface area contributed by atoms with Gasteiger partial charge >= 0.3 is 6.09 Å². The summed E-state index contributed by atoms with van der Waals surface area (Å²) in [5.41, 5.74) is 0.961. The monoisotopic (exact) mass is 457 g/mol. The van der Waals surface area contributed by atoms with Gasteiger partial charge in [-0.05, 0) is 78.9 Å². The fraction of sp³-hybridized carbons (Fsp3) is 0.350. The van der Waals surface area contributed by atoms with E-state index >= 15 is 0 Å². The number of benzene rings is 2. The minimum atomic E-state index is -1.03. The molecule has 1 amide bonds. The topological polar surface area (TPSA) is 29.5 Å². The highest BCUT2D eigenvalue weighted by Crippen LogP contribution is 2.45. The fourth-order valence-electron chi connectivity index (χ4n) is 3.19. The summed E-state index contributed by atoms with van der Waals surface area (Å²) in [6, 6.07) is 7.88. The molecule has 1 unspecified atom stereocenters. The first-order valence-electron chi connectivity index (χ1n) is 8.52. The Kier molecular flexibility index (Phi) is 5.50. The molecule has 2 aromatic rings. The van der Waals surface area contributed by atoms with E-state index in [4.69, 9.17) is 16.3 Å². The second kappa shape index (κ2) is 7.40. The lowest BCUT2D eigenvalue weighted by molar-refractivity contribution is 0.0559. The zero-order valence-corrected chi connectivity index (χ0v) is 17.5. The Balaban J connectivity index is 2.14. The van der Waals surface area contributed by atoms with Crippen LogP contribution in [0.1, 0.15) is 44.4 Å². The van der Waals surface area contributed by atoms with Crippen molar-refractivity contribution in [2.24, 2.45) is 0 Å². The largest absolute Gasteiger partial charge is 0.443 e. The third-order valence-corrected chi connectivity index (χ3v) is 5.28. The van der Waals surface area contributed by atoms with Gasteiger partial charge in [-0.1, -0.05) is 23.7 Å². The number of nitrogens with zero attached hydrogens (tertiary/aromatic N) is 1. The van der Waals surface area contributed by atoms with Gasteiger partial charge in [0.25, 0.3) is 0 Å². The van der Waals surface area contributed by atoms with Crippen LogP contribution in [0.5, 0.6) is 0 Å². The van der Waals surface area contributed by atoms with Gasteiger partial charge in [-0.15, -0.1) is 0 Å². The van der Waals surface area contributed by atoms with E-state index in [2.05, 4.69) is 15.9 Å². The molecule has 0 aliphatic carbocycles. The standard InChI is InChI=1S/C20H19BrClF2NO2/c1-20(2,3)27-19(26)25-15(11-4-7-13(22)8-5-11)9-6-12-10-14(23)17(24)16(21)18(12)25/h4-5,7-8,10,15H,6,9H2,1-3H3. The van der Waals surface area contributed by atoms with E-state index in [1.54, 1.807) is 32.9 Å². The summed E-state index contributed by atoms with van der Waals surface area (Å²) in [4.78, 5) is 14.4. The Hall–Kier alpha value is -1.66. The van der Waals surface area contributed by atoms with Crippen LogP contribution in [0, 0.1) is 11.6 Å². The van der Waals surface area contributed by atoms with Gasteiger partial charge in [0.05, 0.1) is 16.2 Å². The van der Waals surface area contributed by atoms with Gasteiger partial charge in [-0.2, -0.15) is 0 Å². The summed E-state index contributed by atoms with van der Waals surface area (Å²) in [7, 11) is 0. The SMILES string of the molecule is CC(C)(C)OC(=O)N1c2c(cc(F)c(F)c2Br)CCC1c1ccc(Cl)cc1. The van der Waals surface area contributed by atoms with Crippen LogP contribution in [-0.2, 0) is 11.2 Å². The molecule has 2 aromatic carbocycles. The van der Waals surface area contributed by atoms with Gasteiger partial charge < -0.3 is 4.74 Å². The van der Waals surface area contributed by atoms with Gasteiger partial charge in [-0.25, -0.2) is 13.6 Å². The van der Waals surface area contributed by atoms with Gasteiger partial charge in [0.2, 0.25) is 0 Å². The van der Waals surface area contributed by atoms with Crippen molar-refractivity contribution in [3.05, 3.63) is 62.6 Å². The van der Waals surface area contributed by atoms with E-state index in [1.165, 1.54) is 4.90 Å². The third kappa shape index (κ3) is 4.11. The molecular formula is C20H19BrClF2NO2. The average Bonchev–Trinajstić information content (AvgIpc) is 2.58. The van der Waals surface area contributed by atoms with E-state index in [9.17, 15) is 13.6 Å². The highest BCUT2D eigenvalue weighted by Gasteiger charge is 2.37. The average molecular weight is 459 g/mol. The number of carbonyl (C=O) groups excluding carboxylic acids is 1. The summed E-state index contributed by atoms with van der Waals surface area (Å²) in [5.74, 6) is -1.98. The van der Waals surface area contributed by atoms with Crippen molar-refractivity contribution in [3.8, 4) is 0 Å². The molecule has 0 saturated heterocycles. The summed E-state index contributed by atoms with van der Waals surface area (Å²) >= 11 is 9.11. The maximum atomic E-state index is 14.3. The molecule has 1 atom stereocenters. The predicted molar refractivity (Wildman–Crippen MR) is 105 cm³/mol. The number of fused-ring (bicyclic) bond motifs is 1. The zero-order chi connectivity index (χ0) is 19.9. The lowest BCUT2D eigenvalue weighted by Gasteiger charge is -2.39. The molecule has 0 bridgehead atoms. The highest BCUT2D eigenvalue weighted by atomic mass is 79.9. The zero-order valence-electron chi connectivity index (χ0n) is 15.2. The van der Waals surface area contributed by atoms with Crippen molar-refractivity contribution in [2.45, 2.75) is 45.3 Å². The van der Waals surface area contributed by atoms with Crippen molar-refractivity contribution < 1.29 is 18.3 Å². The molecule has 27 heavy (non-hydrogen) atoms. The molecule has 1 aliphatic rings. The second-order valence-electron chi connectivity index (χ2n) is 7.45. The number of hydrogen-bond donors (Lipinski definition) is 0. The minimum Gasteiger partial charge on any atom is -0.443 e. The number of hydrogen-bond acceptors (Lipinski definition) is 2. The molecule has 0 aromatic heterocycles. The molecule has 0 saturated carbocycles. The maximum Gasteiger partial charge on any atom is 0.415 e. The van der Waals surface area contributed by atoms with Crippen LogP contribution in [0.4, 0.5) is 19.3 Å². The van der Waals surface area contributed by atoms with Gasteiger partial charge in [0, 0.05) is 5.02 Å². The number of rotatable bonds is 1. The molecule has 3 nitrogen and oxygen atoms in total. The van der Waals surface area contributed by atoms with E-state index in [0.717, 1.165) is 11.6 Å². The smallest absolute Gasteiger partial charge is 0.415 e. The van der Waals surface area contributed by atoms with Gasteiger partial charge in [-0.3, -0.25) is 4.90 Å². The third-order valence-electron chi connectivity index (χ3n) is 4.30. The number of aryl methyl sites for hydroxylation is 1. The number of anilines is 1. The first-order valence-corrected chi connectivity index (χ1v) is 9.69. The Bertz CT molecular complexity index is 881. The van der Waals surface area contributed by atoms with Crippen LogP contribution in [-0.4, -0.2) is 11.7 Å². The summed E-state index contributed by atoms with van der Waals surface area (Å²) in [5, 5.41) is 0.577. The van der Waals surface area contributed by atoms with Crippen molar-refractivity contribution in [3.63, 3.8) is 0 Å². The van der Waals surface area contributed by atoms with Crippen LogP contribution < -0.4 is 4.90 Å². The molecule has 0 fully saturated rings. The first kappa shape index (κ1) is 20.1. The molecule has 0 N–H and O–H groups in total. The first-order chi connectivity index (χ1) is 12.6. The van der Waals surface area contributed by atoms with E-state index in [1.807, 2.05) is 12.1 Å². The molecule has 3 rings (SSSR count). The summed E-state index contributed by atoms with van der Waals surface area (Å²) in [6.45, 7) is 5.27. The van der Waals surface area contributed by atoms with Crippen molar-refractivity contribution >= 4 is 39.3 Å². The lowest BCUT2D eigenvalue weighted by atomic mass is 9.91. The molecule has 0 spiro atoms. The lowest BCUT2D eigenvalue weighted by Crippen LogP contribution is -2.42. The Labute approximate surface area is 170 Å². The normalized spacial score (nSPS) is 16.9. The minimum absolute atomic E-state index is 0.0815. The van der Waals surface area contributed by atoms with E-state index in [0.29, 0.717) is 29.1 Å². The van der Waals surface area contributed by atoms with Crippen molar-refractivity contribution in [1.82, 2.24) is 0 Å². The van der Waals surface area contributed by atoms with Crippen LogP contribution in [0.15, 0.2) is 34.8 Å². The van der Waals surface area contributed by atoms with Gasteiger partial charge in [0.15, 0.2) is 11.6 Å². The molecule has 7 heteroatoms. The van der Waals surface area contributed by atoms with Crippen molar-refractivity contribution in [2.75, 3.05) is 4.90 Å². The molecular weight excluding hydrogens is 440 g/mol. The van der Waals surface area contributed by atoms with Crippen LogP contribution in [0.25, 0.3) is 0 Å². The number of ether oxygens (including phenoxy) is 1. The fourth-order valence-corrected chi connectivity index (χ4v) is 3.95. The number of amides is 1. The Morgan fingerprint density at radius 3 is 2.48 bits per heavy atom. The molecule has 1 aliphatic heterocycles. The van der Waals surface area contributed by atoms with E-state index in [-0.39, 0.29) is 10.5 Å². The molecule has 1 heterocycles. The van der Waals surface area contributed by atoms with Gasteiger partial charge in [0.1, 0.15) is 5.60 Å². The number of halogens is 4. The van der Waals surface area contributed by atoms with Crippen LogP contribution in [0.2, 0.25) is 5.02 Å².